The lowest BCUT2D eigenvalue weighted by molar-refractivity contribution is -0.684. The number of hydroxylamine groups is 2. The van der Waals surface area contributed by atoms with Gasteiger partial charge in [-0.25, -0.2) is 14.4 Å². The van der Waals surface area contributed by atoms with Crippen molar-refractivity contribution in [2.45, 2.75) is 94.4 Å². The van der Waals surface area contributed by atoms with E-state index in [2.05, 4.69) is 23.7 Å². The number of carbonyl (C=O) groups excluding carboxylic acids is 3. The van der Waals surface area contributed by atoms with Gasteiger partial charge in [0.15, 0.2) is 5.71 Å². The number of aryl methyl sites for hydroxylation is 1. The normalized spacial score (nSPS) is 17.7. The number of fused-ring (bicyclic) bond motifs is 2. The van der Waals surface area contributed by atoms with Gasteiger partial charge in [-0.3, -0.25) is 23.2 Å². The van der Waals surface area contributed by atoms with E-state index in [1.54, 1.807) is 10.8 Å². The summed E-state index contributed by atoms with van der Waals surface area (Å²) in [6, 6.07) is 12.8. The summed E-state index contributed by atoms with van der Waals surface area (Å²) in [7, 11) is -13.0. The largest absolute Gasteiger partial charge is 0.333 e. The Kier molecular flexibility index (Phi) is 15.0. The second-order valence-corrected chi connectivity index (χ2v) is 22.5. The van der Waals surface area contributed by atoms with Crippen LogP contribution < -0.4 is 4.57 Å². The Bertz CT molecular complexity index is 3370. The zero-order valence-electron chi connectivity index (χ0n) is 39.1. The van der Waals surface area contributed by atoms with E-state index in [1.807, 2.05) is 69.2 Å². The molecule has 4 aliphatic heterocycles. The van der Waals surface area contributed by atoms with Gasteiger partial charge in [-0.15, -0.1) is 5.06 Å². The maximum absolute atomic E-state index is 12.4. The minimum Gasteiger partial charge on any atom is -0.332 e. The zero-order valence-corrected chi connectivity index (χ0v) is 41.6. The Hall–Kier alpha value is -6.85. The SMILES string of the molecule is CC1(C)C2=CC(C#Cc3ccc(S(=O)(=O)O)cc3)=CN(CCCCCC(=O)ON3C(=O)CCC3=O)C2=N/C1=C\C=C\C1=Nc2c(cc(C#Cc3ccc(S(=O)(=O)O)cc3)c[n+]2CCCS(=O)(=O)O)C1(C)C. The number of carbonyl (C=O) groups is 3. The molecule has 21 heteroatoms. The van der Waals surface area contributed by atoms with E-state index in [1.165, 1.54) is 48.5 Å². The second-order valence-electron chi connectivity index (χ2n) is 18.1. The summed E-state index contributed by atoms with van der Waals surface area (Å²) >= 11 is 0. The minimum absolute atomic E-state index is 0.00554. The van der Waals surface area contributed by atoms with Gasteiger partial charge in [-0.1, -0.05) is 50.0 Å². The Morgan fingerprint density at radius 1 is 0.775 bits per heavy atom. The predicted molar refractivity (Wildman–Crippen MR) is 260 cm³/mol. The molecule has 2 amide bonds. The van der Waals surface area contributed by atoms with E-state index in [0.29, 0.717) is 70.5 Å². The number of benzene rings is 2. The number of imide groups is 1. The molecule has 1 saturated heterocycles. The molecule has 1 fully saturated rings. The lowest BCUT2D eigenvalue weighted by Crippen LogP contribution is -2.36. The van der Waals surface area contributed by atoms with Crippen LogP contribution in [-0.2, 0) is 61.5 Å². The third kappa shape index (κ3) is 12.6. The van der Waals surface area contributed by atoms with E-state index < -0.39 is 64.7 Å². The number of hydrogen-bond donors (Lipinski definition) is 3. The molecule has 3 aromatic rings. The van der Waals surface area contributed by atoms with Crippen molar-refractivity contribution in [3.63, 3.8) is 0 Å². The molecule has 1 aromatic heterocycles. The number of rotatable bonds is 15. The number of aromatic nitrogens is 1. The molecule has 0 atom stereocenters. The van der Waals surface area contributed by atoms with Crippen molar-refractivity contribution in [3.05, 3.63) is 130 Å². The minimum atomic E-state index is -4.38. The van der Waals surface area contributed by atoms with Gasteiger partial charge in [0.25, 0.3) is 42.2 Å². The van der Waals surface area contributed by atoms with Crippen LogP contribution in [0.2, 0.25) is 0 Å². The molecule has 0 saturated carbocycles. The molecule has 4 aliphatic rings. The van der Waals surface area contributed by atoms with Crippen molar-refractivity contribution in [1.82, 2.24) is 9.96 Å². The third-order valence-electron chi connectivity index (χ3n) is 12.1. The van der Waals surface area contributed by atoms with E-state index in [4.69, 9.17) is 14.8 Å². The van der Waals surface area contributed by atoms with Crippen molar-refractivity contribution in [1.29, 1.82) is 0 Å². The van der Waals surface area contributed by atoms with Gasteiger partial charge in [0.05, 0.1) is 44.3 Å². The van der Waals surface area contributed by atoms with E-state index >= 15 is 0 Å². The lowest BCUT2D eigenvalue weighted by atomic mass is 9.80. The van der Waals surface area contributed by atoms with Crippen molar-refractivity contribution >= 4 is 65.5 Å². The second kappa shape index (κ2) is 20.5. The van der Waals surface area contributed by atoms with E-state index in [9.17, 15) is 53.3 Å². The van der Waals surface area contributed by atoms with Crippen LogP contribution in [0.3, 0.4) is 0 Å². The van der Waals surface area contributed by atoms with Crippen LogP contribution in [0.4, 0.5) is 5.82 Å². The fourth-order valence-electron chi connectivity index (χ4n) is 8.09. The summed E-state index contributed by atoms with van der Waals surface area (Å²) in [5.41, 5.74) is 4.03. The van der Waals surface area contributed by atoms with Crippen molar-refractivity contribution in [3.8, 4) is 23.7 Å². The topological polar surface area (TPSA) is 259 Å². The van der Waals surface area contributed by atoms with Gasteiger partial charge in [0.1, 0.15) is 12.0 Å². The molecule has 71 heavy (non-hydrogen) atoms. The van der Waals surface area contributed by atoms with Crippen molar-refractivity contribution in [2.75, 3.05) is 12.3 Å². The zero-order chi connectivity index (χ0) is 51.5. The summed E-state index contributed by atoms with van der Waals surface area (Å²) in [5, 5.41) is 0.536. The first-order chi connectivity index (χ1) is 33.3. The molecule has 0 unspecified atom stereocenters. The summed E-state index contributed by atoms with van der Waals surface area (Å²) in [4.78, 5) is 52.8. The number of pyridine rings is 1. The first kappa shape index (κ1) is 52.0. The summed E-state index contributed by atoms with van der Waals surface area (Å²) in [5.74, 6) is 11.4. The number of allylic oxidation sites excluding steroid dienone is 6. The summed E-state index contributed by atoms with van der Waals surface area (Å²) in [6.07, 6.45) is 13.0. The average molecular weight is 1030 g/mol. The summed E-state index contributed by atoms with van der Waals surface area (Å²) < 4.78 is 99.5. The van der Waals surface area contributed by atoms with Crippen molar-refractivity contribution < 1.29 is 62.7 Å². The highest BCUT2D eigenvalue weighted by Gasteiger charge is 2.43. The van der Waals surface area contributed by atoms with Gasteiger partial charge in [-0.05, 0) is 105 Å². The number of unbranched alkanes of at least 4 members (excludes halogenated alkanes) is 2. The maximum Gasteiger partial charge on any atom is 0.333 e. The molecule has 2 aromatic carbocycles. The monoisotopic (exact) mass is 1020 g/mol. The number of amidine groups is 1. The lowest BCUT2D eigenvalue weighted by Gasteiger charge is -2.29. The van der Waals surface area contributed by atoms with E-state index in [0.717, 1.165) is 16.8 Å². The van der Waals surface area contributed by atoms with Gasteiger partial charge in [0.2, 0.25) is 0 Å². The molecule has 0 radical (unpaired) electrons. The van der Waals surface area contributed by atoms with Gasteiger partial charge >= 0.3 is 11.8 Å². The molecule has 5 heterocycles. The number of amides is 2. The fraction of sp³-hybridized carbons (Fsp3) is 0.320. The average Bonchev–Trinajstić information content (AvgIpc) is 3.85. The highest BCUT2D eigenvalue weighted by Crippen LogP contribution is 2.45. The van der Waals surface area contributed by atoms with E-state index in [-0.39, 0.29) is 42.0 Å². The Morgan fingerprint density at radius 3 is 1.96 bits per heavy atom. The maximum atomic E-state index is 12.4. The first-order valence-corrected chi connectivity index (χ1v) is 26.9. The quantitative estimate of drug-likeness (QED) is 0.0540. The van der Waals surface area contributed by atoms with Crippen LogP contribution in [0.25, 0.3) is 0 Å². The van der Waals surface area contributed by atoms with Crippen LogP contribution in [0, 0.1) is 29.1 Å². The Labute approximate surface area is 412 Å². The van der Waals surface area contributed by atoms with Crippen molar-refractivity contribution in [2.24, 2.45) is 15.4 Å². The molecule has 0 aliphatic carbocycles. The molecule has 3 N–H and O–H groups in total. The smallest absolute Gasteiger partial charge is 0.332 e. The molecule has 18 nitrogen and oxygen atoms in total. The van der Waals surface area contributed by atoms with Crippen LogP contribution in [0.15, 0.2) is 128 Å². The van der Waals surface area contributed by atoms with Gasteiger partial charge < -0.3 is 9.74 Å². The number of aliphatic imine (C=N–C) groups is 2. The molecule has 370 valence electrons. The molecule has 7 rings (SSSR count). The van der Waals surface area contributed by atoms with Gasteiger partial charge in [0, 0.05) is 66.1 Å². The predicted octanol–water partition coefficient (Wildman–Crippen LogP) is 5.73. The highest BCUT2D eigenvalue weighted by molar-refractivity contribution is 7.86. The fourth-order valence-corrected chi connectivity index (χ4v) is 9.55. The first-order valence-electron chi connectivity index (χ1n) is 22.4. The standard InChI is InChI=1S/C50H49N5O13S3/c1-49(2)40-30-36(15-13-34-17-21-38(22-18-34)70(62,63)64)32-53(27-7-5-6-12-46(58)68-55-44(56)25-26-45(55)57)47(40)51-42(49)10-8-11-43-50(3,4)41-31-37(16-14-35-19-23-39(24-20-35)71(65,66)67)33-54(48(41)52-43)28-9-29-69(59,60)61/h8,10-11,17-24,30-33H,5-7,9,12,25-29H2,1-4H3,(H2-,59,60,61,62,63,64,65,66,67)/p+1. The summed E-state index contributed by atoms with van der Waals surface area (Å²) in [6.45, 7) is 8.74. The van der Waals surface area contributed by atoms with Crippen LogP contribution in [0.1, 0.15) is 94.9 Å². The van der Waals surface area contributed by atoms with Crippen LogP contribution in [-0.4, -0.2) is 90.5 Å². The molecular formula is C50H50N5O13S3+. The molecule has 0 spiro atoms. The Balaban J connectivity index is 1.13. The Morgan fingerprint density at radius 2 is 1.37 bits per heavy atom. The van der Waals surface area contributed by atoms with Gasteiger partial charge in [-0.2, -0.15) is 25.3 Å². The van der Waals surface area contributed by atoms with Crippen LogP contribution in [0.5, 0.6) is 0 Å². The molecular weight excluding hydrogens is 975 g/mol. The third-order valence-corrected chi connectivity index (χ3v) is 14.6. The number of hydrogen-bond acceptors (Lipinski definition) is 13. The molecule has 0 bridgehead atoms. The number of nitrogens with zero attached hydrogens (tertiary/aromatic N) is 5. The van der Waals surface area contributed by atoms with Crippen LogP contribution >= 0.6 is 0 Å². The highest BCUT2D eigenvalue weighted by atomic mass is 32.2.